The van der Waals surface area contributed by atoms with Gasteiger partial charge in [0, 0.05) is 25.9 Å². The van der Waals surface area contributed by atoms with Crippen LogP contribution >= 0.6 is 0 Å². The van der Waals surface area contributed by atoms with Gasteiger partial charge in [0.1, 0.15) is 5.82 Å². The van der Waals surface area contributed by atoms with Crippen LogP contribution in [0.3, 0.4) is 0 Å². The number of pyridine rings is 1. The number of ether oxygens (including phenoxy) is 1. The third-order valence-electron chi connectivity index (χ3n) is 3.80. The second-order valence-electron chi connectivity index (χ2n) is 5.72. The van der Waals surface area contributed by atoms with Crippen molar-refractivity contribution >= 4 is 27.5 Å². The predicted molar refractivity (Wildman–Crippen MR) is 88.3 cm³/mol. The lowest BCUT2D eigenvalue weighted by Crippen LogP contribution is -2.48. The van der Waals surface area contributed by atoms with Gasteiger partial charge in [-0.05, 0) is 31.0 Å². The molecule has 0 aromatic carbocycles. The Morgan fingerprint density at radius 2 is 2.21 bits per heavy atom. The van der Waals surface area contributed by atoms with Crippen LogP contribution in [-0.4, -0.2) is 67.9 Å². The first-order valence-corrected chi connectivity index (χ1v) is 9.38. The van der Waals surface area contributed by atoms with Crippen LogP contribution in [0.15, 0.2) is 18.3 Å². The van der Waals surface area contributed by atoms with Gasteiger partial charge in [-0.2, -0.15) is 0 Å². The highest BCUT2D eigenvalue weighted by Gasteiger charge is 2.36. The molecule has 1 N–H and O–H groups in total. The number of carbonyl (C=O) groups excluding carboxylic acids is 2. The Kier molecular flexibility index (Phi) is 5.89. The van der Waals surface area contributed by atoms with Crippen LogP contribution in [-0.2, 0) is 24.2 Å². The van der Waals surface area contributed by atoms with E-state index in [2.05, 4.69) is 10.3 Å². The van der Waals surface area contributed by atoms with Gasteiger partial charge in [-0.1, -0.05) is 0 Å². The third kappa shape index (κ3) is 4.75. The van der Waals surface area contributed by atoms with Crippen LogP contribution in [0.4, 0.5) is 5.82 Å². The molecule has 1 saturated heterocycles. The maximum absolute atomic E-state index is 12.5. The van der Waals surface area contributed by atoms with Crippen LogP contribution in [0.2, 0.25) is 0 Å². The summed E-state index contributed by atoms with van der Waals surface area (Å²) in [4.78, 5) is 29.9. The van der Waals surface area contributed by atoms with Crippen molar-refractivity contribution in [2.24, 2.45) is 0 Å². The molecule has 0 aliphatic carbocycles. The number of carbonyl (C=O) groups is 2. The van der Waals surface area contributed by atoms with Gasteiger partial charge in [0.2, 0.25) is 0 Å². The minimum atomic E-state index is -3.17. The van der Waals surface area contributed by atoms with Crippen LogP contribution in [0.1, 0.15) is 12.0 Å². The van der Waals surface area contributed by atoms with Gasteiger partial charge < -0.3 is 15.0 Å². The molecular formula is C15H21N3O5S. The molecule has 2 rings (SSSR count). The van der Waals surface area contributed by atoms with E-state index in [1.807, 2.05) is 6.92 Å². The van der Waals surface area contributed by atoms with Gasteiger partial charge in [-0.3, -0.25) is 9.59 Å². The van der Waals surface area contributed by atoms with E-state index in [0.29, 0.717) is 6.42 Å². The fourth-order valence-corrected chi connectivity index (χ4v) is 4.30. The Labute approximate surface area is 141 Å². The van der Waals surface area contributed by atoms with Crippen molar-refractivity contribution in [1.82, 2.24) is 9.88 Å². The van der Waals surface area contributed by atoms with Crippen molar-refractivity contribution in [3.63, 3.8) is 0 Å². The third-order valence-corrected chi connectivity index (χ3v) is 5.55. The molecule has 132 valence electrons. The zero-order valence-corrected chi connectivity index (χ0v) is 14.5. The molecule has 1 aliphatic rings. The minimum absolute atomic E-state index is 0.0233. The molecule has 0 bridgehead atoms. The average molecular weight is 355 g/mol. The van der Waals surface area contributed by atoms with Crippen molar-refractivity contribution in [3.05, 3.63) is 23.9 Å². The number of rotatable bonds is 5. The molecule has 1 aromatic heterocycles. The summed E-state index contributed by atoms with van der Waals surface area (Å²) >= 11 is 0. The molecular weight excluding hydrogens is 334 g/mol. The smallest absolute Gasteiger partial charge is 0.315 e. The highest BCUT2D eigenvalue weighted by molar-refractivity contribution is 7.91. The van der Waals surface area contributed by atoms with E-state index >= 15 is 0 Å². The SMILES string of the molecule is COCCN(C(=O)C(=O)Nc1cc(C)ccn1)C1CCS(=O)(=O)C1. The molecule has 0 spiro atoms. The van der Waals surface area contributed by atoms with Gasteiger partial charge in [0.25, 0.3) is 0 Å². The average Bonchev–Trinajstić information content (AvgIpc) is 2.87. The Morgan fingerprint density at radius 3 is 2.79 bits per heavy atom. The number of nitrogens with one attached hydrogen (secondary N) is 1. The zero-order valence-electron chi connectivity index (χ0n) is 13.7. The molecule has 1 unspecified atom stereocenters. The summed E-state index contributed by atoms with van der Waals surface area (Å²) in [5.74, 6) is -1.45. The van der Waals surface area contributed by atoms with E-state index in [1.165, 1.54) is 18.2 Å². The maximum Gasteiger partial charge on any atom is 0.315 e. The molecule has 0 saturated carbocycles. The second kappa shape index (κ2) is 7.71. The normalized spacial score (nSPS) is 19.0. The van der Waals surface area contributed by atoms with Gasteiger partial charge in [-0.25, -0.2) is 13.4 Å². The molecule has 24 heavy (non-hydrogen) atoms. The number of hydrogen-bond donors (Lipinski definition) is 1. The van der Waals surface area contributed by atoms with Gasteiger partial charge in [0.05, 0.1) is 18.1 Å². The van der Waals surface area contributed by atoms with E-state index in [1.54, 1.807) is 12.1 Å². The van der Waals surface area contributed by atoms with Crippen molar-refractivity contribution in [1.29, 1.82) is 0 Å². The lowest BCUT2D eigenvalue weighted by Gasteiger charge is -2.27. The van der Waals surface area contributed by atoms with E-state index in [9.17, 15) is 18.0 Å². The molecule has 1 fully saturated rings. The lowest BCUT2D eigenvalue weighted by atomic mass is 10.2. The fourth-order valence-electron chi connectivity index (χ4n) is 2.57. The first kappa shape index (κ1) is 18.3. The Balaban J connectivity index is 2.10. The first-order chi connectivity index (χ1) is 11.3. The van der Waals surface area contributed by atoms with Gasteiger partial charge in [0.15, 0.2) is 9.84 Å². The van der Waals surface area contributed by atoms with Crippen molar-refractivity contribution < 1.29 is 22.7 Å². The standard InChI is InChI=1S/C15H21N3O5S/c1-11-3-5-16-13(9-11)17-14(19)15(20)18(6-7-23-2)12-4-8-24(21,22)10-12/h3,5,9,12H,4,6-8,10H2,1-2H3,(H,16,17,19). The predicted octanol–water partition coefficient (Wildman–Crippen LogP) is -0.00938. The molecule has 1 aromatic rings. The van der Waals surface area contributed by atoms with Crippen molar-refractivity contribution in [3.8, 4) is 0 Å². The van der Waals surface area contributed by atoms with E-state index in [-0.39, 0.29) is 30.5 Å². The number of nitrogens with zero attached hydrogens (tertiary/aromatic N) is 2. The monoisotopic (exact) mass is 355 g/mol. The van der Waals surface area contributed by atoms with Gasteiger partial charge >= 0.3 is 11.8 Å². The topological polar surface area (TPSA) is 106 Å². The Bertz CT molecular complexity index is 720. The van der Waals surface area contributed by atoms with Crippen LogP contribution in [0.5, 0.6) is 0 Å². The second-order valence-corrected chi connectivity index (χ2v) is 7.95. The van der Waals surface area contributed by atoms with Crippen LogP contribution in [0.25, 0.3) is 0 Å². The van der Waals surface area contributed by atoms with Crippen LogP contribution in [0, 0.1) is 6.92 Å². The lowest BCUT2D eigenvalue weighted by molar-refractivity contribution is -0.145. The summed E-state index contributed by atoms with van der Waals surface area (Å²) in [6.07, 6.45) is 1.86. The Hall–Kier alpha value is -2.00. The summed E-state index contributed by atoms with van der Waals surface area (Å²) in [6, 6.07) is 2.91. The number of anilines is 1. The minimum Gasteiger partial charge on any atom is -0.383 e. The molecule has 2 amide bonds. The molecule has 8 nitrogen and oxygen atoms in total. The summed E-state index contributed by atoms with van der Waals surface area (Å²) in [5.41, 5.74) is 0.894. The van der Waals surface area contributed by atoms with E-state index < -0.39 is 27.7 Å². The summed E-state index contributed by atoms with van der Waals surface area (Å²) < 4.78 is 28.3. The van der Waals surface area contributed by atoms with E-state index in [0.717, 1.165) is 5.56 Å². The quantitative estimate of drug-likeness (QED) is 0.745. The molecule has 0 radical (unpaired) electrons. The number of aromatic nitrogens is 1. The number of aryl methyl sites for hydroxylation is 1. The van der Waals surface area contributed by atoms with Crippen molar-refractivity contribution in [2.75, 3.05) is 37.1 Å². The fraction of sp³-hybridized carbons (Fsp3) is 0.533. The highest BCUT2D eigenvalue weighted by Crippen LogP contribution is 2.18. The number of methoxy groups -OCH3 is 1. The number of amides is 2. The molecule has 1 aliphatic heterocycles. The first-order valence-electron chi connectivity index (χ1n) is 7.56. The van der Waals surface area contributed by atoms with E-state index in [4.69, 9.17) is 4.74 Å². The summed E-state index contributed by atoms with van der Waals surface area (Å²) in [6.45, 7) is 2.22. The zero-order chi connectivity index (χ0) is 17.7. The number of hydrogen-bond acceptors (Lipinski definition) is 6. The molecule has 2 heterocycles. The molecule has 9 heteroatoms. The maximum atomic E-state index is 12.5. The summed E-state index contributed by atoms with van der Waals surface area (Å²) in [7, 11) is -1.69. The van der Waals surface area contributed by atoms with Gasteiger partial charge in [-0.15, -0.1) is 0 Å². The van der Waals surface area contributed by atoms with Crippen LogP contribution < -0.4 is 5.32 Å². The largest absolute Gasteiger partial charge is 0.383 e. The molecule has 1 atom stereocenters. The Morgan fingerprint density at radius 1 is 1.46 bits per heavy atom. The highest BCUT2D eigenvalue weighted by atomic mass is 32.2. The summed E-state index contributed by atoms with van der Waals surface area (Å²) in [5, 5.41) is 2.45. The van der Waals surface area contributed by atoms with Crippen molar-refractivity contribution in [2.45, 2.75) is 19.4 Å². The number of sulfone groups is 1.